The van der Waals surface area contributed by atoms with E-state index in [0.717, 1.165) is 55.7 Å². The summed E-state index contributed by atoms with van der Waals surface area (Å²) < 4.78 is 1.88. The van der Waals surface area contributed by atoms with Gasteiger partial charge in [-0.15, -0.1) is 0 Å². The molecule has 2 aliphatic rings. The Bertz CT molecular complexity index is 1060. The maximum absolute atomic E-state index is 13.4. The molecule has 144 valence electrons. The van der Waals surface area contributed by atoms with Crippen LogP contribution in [0.3, 0.4) is 0 Å². The van der Waals surface area contributed by atoms with Gasteiger partial charge >= 0.3 is 0 Å². The van der Waals surface area contributed by atoms with Crippen molar-refractivity contribution in [1.82, 2.24) is 19.8 Å². The molecule has 3 aromatic rings. The summed E-state index contributed by atoms with van der Waals surface area (Å²) in [6, 6.07) is 11.2. The fourth-order valence-corrected chi connectivity index (χ4v) is 4.71. The number of carbonyl (C=O) groups excluding carboxylic acids is 1. The molecule has 1 spiro atoms. The molecule has 1 amide bonds. The summed E-state index contributed by atoms with van der Waals surface area (Å²) >= 11 is 12.3. The van der Waals surface area contributed by atoms with E-state index >= 15 is 0 Å². The summed E-state index contributed by atoms with van der Waals surface area (Å²) in [6.45, 7) is 3.72. The van der Waals surface area contributed by atoms with Crippen molar-refractivity contribution in [2.45, 2.75) is 12.8 Å². The van der Waals surface area contributed by atoms with Gasteiger partial charge in [-0.1, -0.05) is 23.2 Å². The number of hydrogen-bond acceptors (Lipinski definition) is 3. The zero-order valence-corrected chi connectivity index (χ0v) is 16.8. The largest absolute Gasteiger partial charge is 0.336 e. The standard InChI is InChI=1S/C21H20Cl2N4O/c22-16-4-3-15(11-17(16)23)27-18(10-14-2-1-7-25-19(14)27)20(28)26-12-21(13-26)5-8-24-9-6-21/h1-4,7,10-11,24H,5-6,8-9,12-13H2. The van der Waals surface area contributed by atoms with Gasteiger partial charge in [-0.25, -0.2) is 4.98 Å². The number of fused-ring (bicyclic) bond motifs is 1. The van der Waals surface area contributed by atoms with E-state index in [2.05, 4.69) is 10.3 Å². The van der Waals surface area contributed by atoms with E-state index < -0.39 is 0 Å². The van der Waals surface area contributed by atoms with Crippen molar-refractivity contribution < 1.29 is 4.79 Å². The fraction of sp³-hybridized carbons (Fsp3) is 0.333. The van der Waals surface area contributed by atoms with E-state index in [1.165, 1.54) is 0 Å². The van der Waals surface area contributed by atoms with Gasteiger partial charge in [0.05, 0.1) is 10.0 Å². The second kappa shape index (κ2) is 6.76. The number of carbonyl (C=O) groups is 1. The van der Waals surface area contributed by atoms with Gasteiger partial charge < -0.3 is 10.2 Å². The molecular weight excluding hydrogens is 395 g/mol. The van der Waals surface area contributed by atoms with Gasteiger partial charge in [-0.05, 0) is 62.3 Å². The lowest BCUT2D eigenvalue weighted by Crippen LogP contribution is -2.61. The summed E-state index contributed by atoms with van der Waals surface area (Å²) in [5.74, 6) is 0.0354. The molecule has 1 aromatic carbocycles. The second-order valence-electron chi connectivity index (χ2n) is 7.79. The minimum Gasteiger partial charge on any atom is -0.336 e. The average Bonchev–Trinajstić information content (AvgIpc) is 3.08. The van der Waals surface area contributed by atoms with Crippen LogP contribution in [0.1, 0.15) is 23.3 Å². The third-order valence-corrected chi connectivity index (χ3v) is 6.69. The van der Waals surface area contributed by atoms with Crippen LogP contribution in [0.5, 0.6) is 0 Å². The first-order valence-electron chi connectivity index (χ1n) is 9.48. The monoisotopic (exact) mass is 414 g/mol. The topological polar surface area (TPSA) is 50.2 Å². The molecule has 5 nitrogen and oxygen atoms in total. The van der Waals surface area contributed by atoms with Crippen molar-refractivity contribution in [3.63, 3.8) is 0 Å². The lowest BCUT2D eigenvalue weighted by molar-refractivity contribution is -0.0118. The Morgan fingerprint density at radius 1 is 1.07 bits per heavy atom. The van der Waals surface area contributed by atoms with Crippen LogP contribution in [0.15, 0.2) is 42.6 Å². The Kier molecular flexibility index (Phi) is 4.34. The van der Waals surface area contributed by atoms with Crippen molar-refractivity contribution in [2.24, 2.45) is 5.41 Å². The molecule has 0 atom stereocenters. The highest BCUT2D eigenvalue weighted by Gasteiger charge is 2.46. The van der Waals surface area contributed by atoms with Crippen LogP contribution in [-0.2, 0) is 0 Å². The highest BCUT2D eigenvalue weighted by molar-refractivity contribution is 6.42. The van der Waals surface area contributed by atoms with E-state index in [9.17, 15) is 4.79 Å². The molecule has 2 aliphatic heterocycles. The molecule has 0 radical (unpaired) electrons. The molecule has 2 fully saturated rings. The number of piperidine rings is 1. The Labute approximate surface area is 173 Å². The number of hydrogen-bond donors (Lipinski definition) is 1. The lowest BCUT2D eigenvalue weighted by Gasteiger charge is -2.52. The predicted molar refractivity (Wildman–Crippen MR) is 112 cm³/mol. The molecule has 28 heavy (non-hydrogen) atoms. The number of amides is 1. The van der Waals surface area contributed by atoms with E-state index in [1.807, 2.05) is 33.7 Å². The molecule has 0 unspecified atom stereocenters. The average molecular weight is 415 g/mol. The molecule has 2 aromatic heterocycles. The van der Waals surface area contributed by atoms with Gasteiger partial charge in [0.15, 0.2) is 0 Å². The molecule has 5 rings (SSSR count). The van der Waals surface area contributed by atoms with Gasteiger partial charge in [0.1, 0.15) is 11.3 Å². The highest BCUT2D eigenvalue weighted by Crippen LogP contribution is 2.40. The van der Waals surface area contributed by atoms with Gasteiger partial charge in [-0.3, -0.25) is 9.36 Å². The fourth-order valence-electron chi connectivity index (χ4n) is 4.42. The van der Waals surface area contributed by atoms with Crippen LogP contribution < -0.4 is 5.32 Å². The Hall–Kier alpha value is -2.08. The summed E-state index contributed by atoms with van der Waals surface area (Å²) in [6.07, 6.45) is 4.00. The zero-order valence-electron chi connectivity index (χ0n) is 15.3. The minimum atomic E-state index is 0.0354. The maximum atomic E-state index is 13.4. The SMILES string of the molecule is O=C(c1cc2cccnc2n1-c1ccc(Cl)c(Cl)c1)N1CC2(CCNCC2)C1. The summed E-state index contributed by atoms with van der Waals surface area (Å²) in [5, 5.41) is 5.26. The summed E-state index contributed by atoms with van der Waals surface area (Å²) in [4.78, 5) is 19.8. The molecule has 7 heteroatoms. The van der Waals surface area contributed by atoms with Crippen LogP contribution in [0.4, 0.5) is 0 Å². The quantitative estimate of drug-likeness (QED) is 0.684. The van der Waals surface area contributed by atoms with Crippen molar-refractivity contribution >= 4 is 40.1 Å². The number of halogens is 2. The van der Waals surface area contributed by atoms with Gasteiger partial charge in [0.2, 0.25) is 0 Å². The van der Waals surface area contributed by atoms with Crippen LogP contribution >= 0.6 is 23.2 Å². The van der Waals surface area contributed by atoms with E-state index in [1.54, 1.807) is 18.3 Å². The lowest BCUT2D eigenvalue weighted by atomic mass is 9.72. The Balaban J connectivity index is 1.54. The van der Waals surface area contributed by atoms with Crippen LogP contribution in [0.2, 0.25) is 10.0 Å². The number of rotatable bonds is 2. The van der Waals surface area contributed by atoms with Crippen LogP contribution in [-0.4, -0.2) is 46.5 Å². The summed E-state index contributed by atoms with van der Waals surface area (Å²) in [5.41, 5.74) is 2.42. The molecule has 0 saturated carbocycles. The van der Waals surface area contributed by atoms with Crippen molar-refractivity contribution in [2.75, 3.05) is 26.2 Å². The molecule has 0 aliphatic carbocycles. The van der Waals surface area contributed by atoms with E-state index in [-0.39, 0.29) is 5.91 Å². The molecular formula is C21H20Cl2N4O. The number of benzene rings is 1. The molecule has 4 heterocycles. The minimum absolute atomic E-state index is 0.0354. The molecule has 2 saturated heterocycles. The van der Waals surface area contributed by atoms with Crippen molar-refractivity contribution in [3.05, 3.63) is 58.3 Å². The maximum Gasteiger partial charge on any atom is 0.270 e. The van der Waals surface area contributed by atoms with Crippen molar-refractivity contribution in [3.8, 4) is 5.69 Å². The van der Waals surface area contributed by atoms with E-state index in [0.29, 0.717) is 21.2 Å². The van der Waals surface area contributed by atoms with Gasteiger partial charge in [0.25, 0.3) is 5.91 Å². The van der Waals surface area contributed by atoms with Gasteiger partial charge in [-0.2, -0.15) is 0 Å². The molecule has 1 N–H and O–H groups in total. The predicted octanol–water partition coefficient (Wildman–Crippen LogP) is 4.16. The highest BCUT2D eigenvalue weighted by atomic mass is 35.5. The Morgan fingerprint density at radius 3 is 2.61 bits per heavy atom. The molecule has 0 bridgehead atoms. The second-order valence-corrected chi connectivity index (χ2v) is 8.61. The third kappa shape index (κ3) is 2.89. The number of aromatic nitrogens is 2. The smallest absolute Gasteiger partial charge is 0.270 e. The zero-order chi connectivity index (χ0) is 19.3. The Morgan fingerprint density at radius 2 is 1.86 bits per heavy atom. The first-order chi connectivity index (χ1) is 13.6. The summed E-state index contributed by atoms with van der Waals surface area (Å²) in [7, 11) is 0. The normalized spacial score (nSPS) is 18.4. The number of nitrogens with one attached hydrogen (secondary N) is 1. The number of pyridine rings is 1. The van der Waals surface area contributed by atoms with E-state index in [4.69, 9.17) is 23.2 Å². The van der Waals surface area contributed by atoms with Gasteiger partial charge in [0, 0.05) is 35.8 Å². The number of likely N-dealkylation sites (tertiary alicyclic amines) is 1. The van der Waals surface area contributed by atoms with Crippen LogP contribution in [0.25, 0.3) is 16.7 Å². The first kappa shape index (κ1) is 18.0. The van der Waals surface area contributed by atoms with Crippen molar-refractivity contribution in [1.29, 1.82) is 0 Å². The first-order valence-corrected chi connectivity index (χ1v) is 10.2. The van der Waals surface area contributed by atoms with Crippen LogP contribution in [0, 0.1) is 5.41 Å². The number of nitrogens with zero attached hydrogens (tertiary/aromatic N) is 3. The third-order valence-electron chi connectivity index (χ3n) is 5.95.